The van der Waals surface area contributed by atoms with E-state index in [2.05, 4.69) is 5.32 Å². The second-order valence-corrected chi connectivity index (χ2v) is 5.31. The normalized spacial score (nSPS) is 13.8. The van der Waals surface area contributed by atoms with Gasteiger partial charge in [0.15, 0.2) is 18.1 Å². The third kappa shape index (κ3) is 5.32. The molecule has 0 radical (unpaired) electrons. The van der Waals surface area contributed by atoms with Crippen molar-refractivity contribution in [2.24, 2.45) is 0 Å². The Morgan fingerprint density at radius 3 is 2.91 bits per heavy atom. The van der Waals surface area contributed by atoms with E-state index in [9.17, 15) is 9.59 Å². The van der Waals surface area contributed by atoms with Crippen LogP contribution in [0.5, 0.6) is 11.5 Å². The van der Waals surface area contributed by atoms with Crippen molar-refractivity contribution in [3.8, 4) is 11.5 Å². The Bertz CT molecular complexity index is 597. The van der Waals surface area contributed by atoms with Gasteiger partial charge in [0, 0.05) is 12.1 Å². The van der Waals surface area contributed by atoms with Gasteiger partial charge in [-0.2, -0.15) is 0 Å². The monoisotopic (exact) mass is 319 g/mol. The van der Waals surface area contributed by atoms with E-state index in [-0.39, 0.29) is 25.3 Å². The van der Waals surface area contributed by atoms with Crippen molar-refractivity contribution in [2.75, 3.05) is 13.4 Å². The lowest BCUT2D eigenvalue weighted by atomic mass is 10.2. The van der Waals surface area contributed by atoms with E-state index in [1.807, 2.05) is 13.8 Å². The highest BCUT2D eigenvalue weighted by Crippen LogP contribution is 2.32. The van der Waals surface area contributed by atoms with Gasteiger partial charge in [0.05, 0.1) is 0 Å². The average Bonchev–Trinajstić information content (AvgIpc) is 2.98. The first-order chi connectivity index (χ1) is 11.1. The predicted molar refractivity (Wildman–Crippen MR) is 85.1 cm³/mol. The van der Waals surface area contributed by atoms with Crippen LogP contribution in [0.3, 0.4) is 0 Å². The van der Waals surface area contributed by atoms with Crippen molar-refractivity contribution in [1.29, 1.82) is 0 Å². The van der Waals surface area contributed by atoms with Gasteiger partial charge in [0.2, 0.25) is 6.79 Å². The molecule has 0 saturated carbocycles. The van der Waals surface area contributed by atoms with Gasteiger partial charge in [-0.05, 0) is 37.1 Å². The van der Waals surface area contributed by atoms with E-state index in [1.165, 1.54) is 6.08 Å². The minimum Gasteiger partial charge on any atom is -0.454 e. The molecular weight excluding hydrogens is 298 g/mol. The van der Waals surface area contributed by atoms with Crippen LogP contribution in [-0.2, 0) is 14.3 Å². The van der Waals surface area contributed by atoms with Crippen molar-refractivity contribution in [3.05, 3.63) is 29.8 Å². The first-order valence-corrected chi connectivity index (χ1v) is 7.62. The molecule has 6 nitrogen and oxygen atoms in total. The molecule has 0 aromatic heterocycles. The maximum atomic E-state index is 11.6. The molecule has 1 aromatic rings. The summed E-state index contributed by atoms with van der Waals surface area (Å²) >= 11 is 0. The topological polar surface area (TPSA) is 73.9 Å². The summed E-state index contributed by atoms with van der Waals surface area (Å²) in [6.07, 6.45) is 4.76. The highest BCUT2D eigenvalue weighted by Gasteiger charge is 2.12. The molecule has 0 aliphatic carbocycles. The molecule has 1 N–H and O–H groups in total. The fraction of sp³-hybridized carbons (Fsp3) is 0.412. The van der Waals surface area contributed by atoms with Crippen molar-refractivity contribution in [3.63, 3.8) is 0 Å². The van der Waals surface area contributed by atoms with E-state index in [0.717, 1.165) is 18.4 Å². The van der Waals surface area contributed by atoms with Crippen LogP contribution in [0.25, 0.3) is 6.08 Å². The molecule has 124 valence electrons. The lowest BCUT2D eigenvalue weighted by Gasteiger charge is -2.12. The summed E-state index contributed by atoms with van der Waals surface area (Å²) < 4.78 is 15.4. The van der Waals surface area contributed by atoms with E-state index < -0.39 is 5.97 Å². The number of carbonyl (C=O) groups is 2. The average molecular weight is 319 g/mol. The van der Waals surface area contributed by atoms with Gasteiger partial charge in [-0.25, -0.2) is 4.79 Å². The molecule has 1 heterocycles. The summed E-state index contributed by atoms with van der Waals surface area (Å²) in [7, 11) is 0. The zero-order valence-corrected chi connectivity index (χ0v) is 13.3. The maximum absolute atomic E-state index is 11.6. The van der Waals surface area contributed by atoms with Crippen LogP contribution in [0, 0.1) is 0 Å². The standard InChI is InChI=1S/C17H21NO5/c1-3-4-12(2)18-16(19)10-21-17(20)8-6-13-5-7-14-15(9-13)23-11-22-14/h5-9,12H,3-4,10-11H2,1-2H3,(H,18,19). The summed E-state index contributed by atoms with van der Waals surface area (Å²) in [6.45, 7) is 3.89. The first kappa shape index (κ1) is 16.9. The number of ether oxygens (including phenoxy) is 3. The highest BCUT2D eigenvalue weighted by molar-refractivity contribution is 5.89. The largest absolute Gasteiger partial charge is 0.454 e. The third-order valence-corrected chi connectivity index (χ3v) is 3.28. The maximum Gasteiger partial charge on any atom is 0.331 e. The smallest absolute Gasteiger partial charge is 0.331 e. The van der Waals surface area contributed by atoms with Gasteiger partial charge in [-0.1, -0.05) is 19.4 Å². The molecular formula is C17H21NO5. The SMILES string of the molecule is CCCC(C)NC(=O)COC(=O)C=Cc1ccc2c(c1)OCO2. The number of fused-ring (bicyclic) bond motifs is 1. The van der Waals surface area contributed by atoms with E-state index >= 15 is 0 Å². The quantitative estimate of drug-likeness (QED) is 0.616. The van der Waals surface area contributed by atoms with Crippen molar-refractivity contribution < 1.29 is 23.8 Å². The van der Waals surface area contributed by atoms with E-state index in [1.54, 1.807) is 24.3 Å². The molecule has 1 amide bonds. The van der Waals surface area contributed by atoms with Crippen LogP contribution in [0.2, 0.25) is 0 Å². The van der Waals surface area contributed by atoms with Crippen molar-refractivity contribution >= 4 is 18.0 Å². The second-order valence-electron chi connectivity index (χ2n) is 5.31. The molecule has 23 heavy (non-hydrogen) atoms. The zero-order chi connectivity index (χ0) is 16.7. The Labute approximate surface area is 135 Å². The van der Waals surface area contributed by atoms with Gasteiger partial charge in [0.1, 0.15) is 0 Å². The molecule has 0 spiro atoms. The van der Waals surface area contributed by atoms with Crippen LogP contribution in [0.4, 0.5) is 0 Å². The van der Waals surface area contributed by atoms with Crippen LogP contribution < -0.4 is 14.8 Å². The van der Waals surface area contributed by atoms with Crippen molar-refractivity contribution in [1.82, 2.24) is 5.32 Å². The molecule has 1 aliphatic heterocycles. The molecule has 0 saturated heterocycles. The van der Waals surface area contributed by atoms with Gasteiger partial charge >= 0.3 is 5.97 Å². The number of esters is 1. The van der Waals surface area contributed by atoms with Crippen LogP contribution in [-0.4, -0.2) is 31.3 Å². The summed E-state index contributed by atoms with van der Waals surface area (Å²) in [5.74, 6) is 0.462. The van der Waals surface area contributed by atoms with Gasteiger partial charge < -0.3 is 19.5 Å². The predicted octanol–water partition coefficient (Wildman–Crippen LogP) is 2.28. The molecule has 6 heteroatoms. The number of rotatable bonds is 7. The Hall–Kier alpha value is -2.50. The van der Waals surface area contributed by atoms with E-state index in [4.69, 9.17) is 14.2 Å². The minimum absolute atomic E-state index is 0.0791. The number of amides is 1. The molecule has 0 bridgehead atoms. The molecule has 2 rings (SSSR count). The van der Waals surface area contributed by atoms with Gasteiger partial charge in [-0.15, -0.1) is 0 Å². The number of nitrogens with one attached hydrogen (secondary N) is 1. The Morgan fingerprint density at radius 2 is 2.13 bits per heavy atom. The second kappa shape index (κ2) is 8.22. The number of carbonyl (C=O) groups excluding carboxylic acids is 2. The summed E-state index contributed by atoms with van der Waals surface area (Å²) in [5, 5.41) is 2.77. The van der Waals surface area contributed by atoms with Gasteiger partial charge in [0.25, 0.3) is 5.91 Å². The van der Waals surface area contributed by atoms with Gasteiger partial charge in [-0.3, -0.25) is 4.79 Å². The molecule has 1 aliphatic rings. The molecule has 1 atom stereocenters. The zero-order valence-electron chi connectivity index (χ0n) is 13.3. The molecule has 1 unspecified atom stereocenters. The van der Waals surface area contributed by atoms with E-state index in [0.29, 0.717) is 11.5 Å². The third-order valence-electron chi connectivity index (χ3n) is 3.28. The van der Waals surface area contributed by atoms with Crippen LogP contribution in [0.1, 0.15) is 32.3 Å². The summed E-state index contributed by atoms with van der Waals surface area (Å²) in [6, 6.07) is 5.42. The van der Waals surface area contributed by atoms with Crippen molar-refractivity contribution in [2.45, 2.75) is 32.7 Å². The van der Waals surface area contributed by atoms with Crippen LogP contribution in [0.15, 0.2) is 24.3 Å². The number of hydrogen-bond donors (Lipinski definition) is 1. The highest BCUT2D eigenvalue weighted by atomic mass is 16.7. The fourth-order valence-electron chi connectivity index (χ4n) is 2.19. The molecule has 1 aromatic carbocycles. The fourth-order valence-corrected chi connectivity index (χ4v) is 2.19. The number of hydrogen-bond acceptors (Lipinski definition) is 5. The lowest BCUT2D eigenvalue weighted by Crippen LogP contribution is -2.35. The Kier molecular flexibility index (Phi) is 6.02. The Balaban J connectivity index is 1.77. The number of benzene rings is 1. The Morgan fingerprint density at radius 1 is 1.35 bits per heavy atom. The summed E-state index contributed by atoms with van der Waals surface area (Å²) in [5.41, 5.74) is 0.784. The lowest BCUT2D eigenvalue weighted by molar-refractivity contribution is -0.144. The molecule has 0 fully saturated rings. The first-order valence-electron chi connectivity index (χ1n) is 7.62. The van der Waals surface area contributed by atoms with Crippen LogP contribution >= 0.6 is 0 Å². The minimum atomic E-state index is -0.569. The summed E-state index contributed by atoms with van der Waals surface area (Å²) in [4.78, 5) is 23.2.